The second-order valence-electron chi connectivity index (χ2n) is 5.63. The lowest BCUT2D eigenvalue weighted by Gasteiger charge is -2.23. The Hall–Kier alpha value is -1.29. The maximum atomic E-state index is 11.8. The predicted octanol–water partition coefficient (Wildman–Crippen LogP) is 2.08. The van der Waals surface area contributed by atoms with Crippen molar-refractivity contribution in [3.8, 4) is 0 Å². The van der Waals surface area contributed by atoms with Crippen molar-refractivity contribution in [1.29, 1.82) is 0 Å². The average Bonchev–Trinajstić information content (AvgIpc) is 2.58. The summed E-state index contributed by atoms with van der Waals surface area (Å²) in [7, 11) is 0. The number of furan rings is 1. The molecule has 0 spiro atoms. The summed E-state index contributed by atoms with van der Waals surface area (Å²) in [6.07, 6.45) is 2.39. The molecule has 1 aromatic rings. The molecule has 0 bridgehead atoms. The van der Waals surface area contributed by atoms with E-state index in [-0.39, 0.29) is 17.4 Å². The minimum atomic E-state index is -0.124. The second-order valence-corrected chi connectivity index (χ2v) is 5.63. The minimum absolute atomic E-state index is 0.0221. The van der Waals surface area contributed by atoms with Crippen LogP contribution in [-0.2, 0) is 0 Å². The molecule has 0 aliphatic heterocycles. The van der Waals surface area contributed by atoms with Crippen LogP contribution in [0, 0.1) is 12.3 Å². The zero-order chi connectivity index (χ0) is 13.1. The van der Waals surface area contributed by atoms with Crippen LogP contribution in [0.1, 0.15) is 43.3 Å². The van der Waals surface area contributed by atoms with Crippen molar-refractivity contribution in [2.75, 3.05) is 6.54 Å². The first kappa shape index (κ1) is 13.8. The van der Waals surface area contributed by atoms with E-state index < -0.39 is 0 Å². The molecule has 0 aliphatic carbocycles. The first-order chi connectivity index (χ1) is 7.79. The zero-order valence-corrected chi connectivity index (χ0v) is 11.0. The van der Waals surface area contributed by atoms with Gasteiger partial charge in [-0.15, -0.1) is 0 Å². The van der Waals surface area contributed by atoms with E-state index in [2.05, 4.69) is 26.1 Å². The van der Waals surface area contributed by atoms with Crippen LogP contribution in [0.25, 0.3) is 0 Å². The molecule has 96 valence electrons. The lowest BCUT2D eigenvalue weighted by atomic mass is 9.88. The summed E-state index contributed by atoms with van der Waals surface area (Å²) < 4.78 is 5.08. The molecule has 1 amide bonds. The highest BCUT2D eigenvalue weighted by molar-refractivity contribution is 5.95. The van der Waals surface area contributed by atoms with E-state index in [0.29, 0.717) is 17.9 Å². The highest BCUT2D eigenvalue weighted by Crippen LogP contribution is 2.19. The van der Waals surface area contributed by atoms with Crippen LogP contribution in [0.4, 0.5) is 0 Å². The Bertz CT molecular complexity index is 377. The number of aryl methyl sites for hydroxylation is 1. The monoisotopic (exact) mass is 238 g/mol. The first-order valence-electron chi connectivity index (χ1n) is 5.87. The smallest absolute Gasteiger partial charge is 0.254 e. The molecule has 4 heteroatoms. The number of rotatable bonds is 4. The number of nitrogens with two attached hydrogens (primary N) is 1. The molecule has 1 atom stereocenters. The summed E-state index contributed by atoms with van der Waals surface area (Å²) >= 11 is 0. The first-order valence-corrected chi connectivity index (χ1v) is 5.87. The van der Waals surface area contributed by atoms with Gasteiger partial charge in [-0.1, -0.05) is 20.8 Å². The Morgan fingerprint density at radius 3 is 2.65 bits per heavy atom. The van der Waals surface area contributed by atoms with Gasteiger partial charge < -0.3 is 15.5 Å². The minimum Gasteiger partial charge on any atom is -0.469 e. The van der Waals surface area contributed by atoms with Crippen LogP contribution < -0.4 is 11.1 Å². The van der Waals surface area contributed by atoms with Crippen LogP contribution >= 0.6 is 0 Å². The van der Waals surface area contributed by atoms with E-state index in [9.17, 15) is 4.79 Å². The van der Waals surface area contributed by atoms with Gasteiger partial charge in [0.25, 0.3) is 5.91 Å². The van der Waals surface area contributed by atoms with Crippen molar-refractivity contribution in [3.63, 3.8) is 0 Å². The fraction of sp³-hybridized carbons (Fsp3) is 0.615. The van der Waals surface area contributed by atoms with Crippen LogP contribution in [0.3, 0.4) is 0 Å². The standard InChI is InChI=1S/C13H22N2O2/c1-9-11(5-6-17-9)12(16)15-8-10(14)7-13(2,3)4/h5-6,10H,7-8,14H2,1-4H3,(H,15,16). The molecule has 1 heterocycles. The summed E-state index contributed by atoms with van der Waals surface area (Å²) in [5.41, 5.74) is 6.71. The van der Waals surface area contributed by atoms with Crippen molar-refractivity contribution in [1.82, 2.24) is 5.32 Å². The number of amides is 1. The van der Waals surface area contributed by atoms with Crippen LogP contribution in [0.15, 0.2) is 16.7 Å². The van der Waals surface area contributed by atoms with Gasteiger partial charge in [0.15, 0.2) is 0 Å². The zero-order valence-electron chi connectivity index (χ0n) is 11.0. The average molecular weight is 238 g/mol. The number of carbonyl (C=O) groups excluding carboxylic acids is 1. The number of carbonyl (C=O) groups is 1. The third-order valence-electron chi connectivity index (χ3n) is 2.50. The van der Waals surface area contributed by atoms with Crippen LogP contribution in [0.2, 0.25) is 0 Å². The topological polar surface area (TPSA) is 68.3 Å². The van der Waals surface area contributed by atoms with Crippen LogP contribution in [0.5, 0.6) is 0 Å². The number of hydrogen-bond donors (Lipinski definition) is 2. The lowest BCUT2D eigenvalue weighted by Crippen LogP contribution is -2.39. The third kappa shape index (κ3) is 4.61. The fourth-order valence-corrected chi connectivity index (χ4v) is 1.80. The Kier molecular flexibility index (Phi) is 4.34. The number of nitrogens with one attached hydrogen (secondary N) is 1. The van der Waals surface area contributed by atoms with Gasteiger partial charge in [-0.25, -0.2) is 0 Å². The lowest BCUT2D eigenvalue weighted by molar-refractivity contribution is 0.0947. The normalized spacial score (nSPS) is 13.5. The van der Waals surface area contributed by atoms with E-state index in [1.54, 1.807) is 13.0 Å². The molecule has 3 N–H and O–H groups in total. The predicted molar refractivity (Wildman–Crippen MR) is 67.8 cm³/mol. The molecule has 1 rings (SSSR count). The molecule has 0 radical (unpaired) electrons. The third-order valence-corrected chi connectivity index (χ3v) is 2.50. The Morgan fingerprint density at radius 1 is 1.53 bits per heavy atom. The molecule has 17 heavy (non-hydrogen) atoms. The summed E-state index contributed by atoms with van der Waals surface area (Å²) in [5.74, 6) is 0.507. The van der Waals surface area contributed by atoms with Gasteiger partial charge in [0, 0.05) is 12.6 Å². The van der Waals surface area contributed by atoms with Gasteiger partial charge in [-0.05, 0) is 24.8 Å². The molecule has 1 aromatic heterocycles. The van der Waals surface area contributed by atoms with Crippen LogP contribution in [-0.4, -0.2) is 18.5 Å². The van der Waals surface area contributed by atoms with Crippen molar-refractivity contribution >= 4 is 5.91 Å². The van der Waals surface area contributed by atoms with Gasteiger partial charge in [-0.2, -0.15) is 0 Å². The molecule has 1 unspecified atom stereocenters. The molecule has 0 fully saturated rings. The molecule has 0 saturated carbocycles. The summed E-state index contributed by atoms with van der Waals surface area (Å²) in [6, 6.07) is 1.64. The Balaban J connectivity index is 2.42. The van der Waals surface area contributed by atoms with E-state index in [0.717, 1.165) is 6.42 Å². The van der Waals surface area contributed by atoms with E-state index >= 15 is 0 Å². The molecule has 0 aromatic carbocycles. The maximum Gasteiger partial charge on any atom is 0.254 e. The second kappa shape index (κ2) is 5.36. The van der Waals surface area contributed by atoms with Crippen molar-refractivity contribution < 1.29 is 9.21 Å². The van der Waals surface area contributed by atoms with Gasteiger partial charge in [0.1, 0.15) is 5.76 Å². The highest BCUT2D eigenvalue weighted by Gasteiger charge is 2.17. The van der Waals surface area contributed by atoms with E-state index in [1.165, 1.54) is 6.26 Å². The Labute approximate surface area is 103 Å². The van der Waals surface area contributed by atoms with Crippen molar-refractivity contribution in [2.45, 2.75) is 40.2 Å². The summed E-state index contributed by atoms with van der Waals surface area (Å²) in [6.45, 7) is 8.66. The molecule has 4 nitrogen and oxygen atoms in total. The molecule has 0 aliphatic rings. The fourth-order valence-electron chi connectivity index (χ4n) is 1.80. The van der Waals surface area contributed by atoms with Gasteiger partial charge in [0.05, 0.1) is 11.8 Å². The number of hydrogen-bond acceptors (Lipinski definition) is 3. The SMILES string of the molecule is Cc1occc1C(=O)NCC(N)CC(C)(C)C. The largest absolute Gasteiger partial charge is 0.469 e. The maximum absolute atomic E-state index is 11.8. The Morgan fingerprint density at radius 2 is 2.18 bits per heavy atom. The van der Waals surface area contributed by atoms with Gasteiger partial charge in [0.2, 0.25) is 0 Å². The summed E-state index contributed by atoms with van der Waals surface area (Å²) in [5, 5.41) is 2.82. The van der Waals surface area contributed by atoms with E-state index in [1.807, 2.05) is 0 Å². The van der Waals surface area contributed by atoms with Gasteiger partial charge >= 0.3 is 0 Å². The molecule has 0 saturated heterocycles. The summed E-state index contributed by atoms with van der Waals surface area (Å²) in [4.78, 5) is 11.8. The highest BCUT2D eigenvalue weighted by atomic mass is 16.3. The van der Waals surface area contributed by atoms with Gasteiger partial charge in [-0.3, -0.25) is 4.79 Å². The van der Waals surface area contributed by atoms with E-state index in [4.69, 9.17) is 10.2 Å². The molecular weight excluding hydrogens is 216 g/mol. The molecular formula is C13H22N2O2. The van der Waals surface area contributed by atoms with Crippen molar-refractivity contribution in [2.24, 2.45) is 11.1 Å². The quantitative estimate of drug-likeness (QED) is 0.843. The van der Waals surface area contributed by atoms with Crippen molar-refractivity contribution in [3.05, 3.63) is 23.7 Å².